The number of aromatic hydroxyl groups is 1. The van der Waals surface area contributed by atoms with Crippen molar-refractivity contribution in [3.05, 3.63) is 24.0 Å². The van der Waals surface area contributed by atoms with Crippen LogP contribution in [0.4, 0.5) is 5.69 Å². The Kier molecular flexibility index (Phi) is 3.52. The molecule has 1 aromatic carbocycles. The first-order valence-corrected chi connectivity index (χ1v) is 6.70. The minimum atomic E-state index is -0.567. The molecule has 0 spiro atoms. The topological polar surface area (TPSA) is 104 Å². The molecular formula is C14H17N3O4. The molecule has 1 aromatic heterocycles. The largest absolute Gasteiger partial charge is 0.506 e. The van der Waals surface area contributed by atoms with Crippen LogP contribution in [0.15, 0.2) is 22.7 Å². The number of rotatable bonds is 3. The Bertz CT molecular complexity index is 635. The van der Waals surface area contributed by atoms with Gasteiger partial charge >= 0.3 is 0 Å². The van der Waals surface area contributed by atoms with E-state index < -0.39 is 5.60 Å². The van der Waals surface area contributed by atoms with Crippen LogP contribution in [-0.2, 0) is 15.1 Å². The number of phenolic OH excluding ortho intramolecular Hbond substituents is 1. The molecule has 1 fully saturated rings. The first kappa shape index (κ1) is 13.8. The number of methoxy groups -OCH3 is 1. The molecule has 2 aromatic rings. The van der Waals surface area contributed by atoms with Gasteiger partial charge in [0.25, 0.3) is 5.89 Å². The van der Waals surface area contributed by atoms with Gasteiger partial charge in [0.05, 0.1) is 5.69 Å². The lowest BCUT2D eigenvalue weighted by atomic mass is 9.93. The average Bonchev–Trinajstić information content (AvgIpc) is 3.01. The van der Waals surface area contributed by atoms with Crippen molar-refractivity contribution < 1.29 is 19.1 Å². The SMILES string of the molecule is COC1(c2noc(-c3ccc(O)c(N)c3)n2)CCOCC1. The zero-order chi connectivity index (χ0) is 14.9. The van der Waals surface area contributed by atoms with Crippen LogP contribution in [0.3, 0.4) is 0 Å². The molecule has 0 bridgehead atoms. The lowest BCUT2D eigenvalue weighted by Crippen LogP contribution is -2.36. The quantitative estimate of drug-likeness (QED) is 0.654. The summed E-state index contributed by atoms with van der Waals surface area (Å²) < 4.78 is 16.3. The molecule has 3 N–H and O–H groups in total. The zero-order valence-corrected chi connectivity index (χ0v) is 11.7. The predicted octanol–water partition coefficient (Wildman–Crippen LogP) is 1.68. The summed E-state index contributed by atoms with van der Waals surface area (Å²) in [4.78, 5) is 4.42. The van der Waals surface area contributed by atoms with Crippen LogP contribution in [0.2, 0.25) is 0 Å². The molecule has 1 saturated heterocycles. The molecule has 1 aliphatic rings. The normalized spacial score (nSPS) is 17.8. The standard InChI is InChI=1S/C14H17N3O4/c1-19-14(4-6-20-7-5-14)13-16-12(21-17-13)9-2-3-11(18)10(15)8-9/h2-3,8,18H,4-7,15H2,1H3. The van der Waals surface area contributed by atoms with Crippen LogP contribution < -0.4 is 5.73 Å². The van der Waals surface area contributed by atoms with Crippen LogP contribution in [0, 0.1) is 0 Å². The molecule has 0 radical (unpaired) electrons. The maximum atomic E-state index is 9.45. The Hall–Kier alpha value is -2.12. The fourth-order valence-corrected chi connectivity index (χ4v) is 2.43. The minimum absolute atomic E-state index is 0.0243. The summed E-state index contributed by atoms with van der Waals surface area (Å²) in [5.74, 6) is 0.880. The summed E-state index contributed by atoms with van der Waals surface area (Å²) in [6.07, 6.45) is 1.36. The second-order valence-corrected chi connectivity index (χ2v) is 5.01. The van der Waals surface area contributed by atoms with Crippen molar-refractivity contribution in [1.29, 1.82) is 0 Å². The Balaban J connectivity index is 1.93. The van der Waals surface area contributed by atoms with Gasteiger partial charge in [-0.1, -0.05) is 5.16 Å². The number of nitrogen functional groups attached to an aromatic ring is 1. The predicted molar refractivity (Wildman–Crippen MR) is 74.6 cm³/mol. The molecule has 0 aliphatic carbocycles. The lowest BCUT2D eigenvalue weighted by molar-refractivity contribution is -0.101. The summed E-state index contributed by atoms with van der Waals surface area (Å²) in [6.45, 7) is 1.20. The number of nitrogens with two attached hydrogens (primary N) is 1. The van der Waals surface area contributed by atoms with Gasteiger partial charge < -0.3 is 24.8 Å². The molecule has 2 heterocycles. The number of hydrogen-bond donors (Lipinski definition) is 2. The lowest BCUT2D eigenvalue weighted by Gasteiger charge is -2.32. The second-order valence-electron chi connectivity index (χ2n) is 5.01. The number of anilines is 1. The molecule has 1 aliphatic heterocycles. The van der Waals surface area contributed by atoms with Crippen molar-refractivity contribution >= 4 is 5.69 Å². The number of nitrogens with zero attached hydrogens (tertiary/aromatic N) is 2. The van der Waals surface area contributed by atoms with Crippen molar-refractivity contribution in [3.63, 3.8) is 0 Å². The van der Waals surface area contributed by atoms with Gasteiger partial charge in [-0.25, -0.2) is 0 Å². The molecular weight excluding hydrogens is 274 g/mol. The molecule has 112 valence electrons. The molecule has 7 nitrogen and oxygen atoms in total. The fourth-order valence-electron chi connectivity index (χ4n) is 2.43. The van der Waals surface area contributed by atoms with E-state index in [1.165, 1.54) is 6.07 Å². The monoisotopic (exact) mass is 291 g/mol. The molecule has 0 saturated carbocycles. The van der Waals surface area contributed by atoms with Crippen molar-refractivity contribution in [2.75, 3.05) is 26.1 Å². The van der Waals surface area contributed by atoms with Crippen LogP contribution in [0.1, 0.15) is 18.7 Å². The van der Waals surface area contributed by atoms with E-state index in [4.69, 9.17) is 19.7 Å². The van der Waals surface area contributed by atoms with E-state index in [9.17, 15) is 5.11 Å². The van der Waals surface area contributed by atoms with E-state index in [0.29, 0.717) is 43.3 Å². The maximum absolute atomic E-state index is 9.45. The van der Waals surface area contributed by atoms with Gasteiger partial charge in [0, 0.05) is 38.7 Å². The first-order valence-electron chi connectivity index (χ1n) is 6.70. The van der Waals surface area contributed by atoms with Crippen LogP contribution in [0.25, 0.3) is 11.5 Å². The van der Waals surface area contributed by atoms with E-state index in [1.54, 1.807) is 19.2 Å². The zero-order valence-electron chi connectivity index (χ0n) is 11.7. The van der Waals surface area contributed by atoms with E-state index in [0.717, 1.165) is 0 Å². The third kappa shape index (κ3) is 2.45. The summed E-state index contributed by atoms with van der Waals surface area (Å²) in [5, 5.41) is 13.5. The van der Waals surface area contributed by atoms with Crippen molar-refractivity contribution in [2.45, 2.75) is 18.4 Å². The summed E-state index contributed by atoms with van der Waals surface area (Å²) in [6, 6.07) is 4.76. The first-order chi connectivity index (χ1) is 10.1. The van der Waals surface area contributed by atoms with Gasteiger partial charge in [0.15, 0.2) is 0 Å². The Morgan fingerprint density at radius 3 is 2.76 bits per heavy atom. The number of phenols is 1. The van der Waals surface area contributed by atoms with Crippen molar-refractivity contribution in [3.8, 4) is 17.2 Å². The van der Waals surface area contributed by atoms with Gasteiger partial charge in [-0.05, 0) is 18.2 Å². The fraction of sp³-hybridized carbons (Fsp3) is 0.429. The van der Waals surface area contributed by atoms with Gasteiger partial charge in [-0.2, -0.15) is 4.98 Å². The van der Waals surface area contributed by atoms with Gasteiger partial charge in [-0.3, -0.25) is 0 Å². The highest BCUT2D eigenvalue weighted by molar-refractivity contribution is 5.64. The molecule has 0 unspecified atom stereocenters. The van der Waals surface area contributed by atoms with Gasteiger partial charge in [-0.15, -0.1) is 0 Å². The Morgan fingerprint density at radius 1 is 1.33 bits per heavy atom. The summed E-state index contributed by atoms with van der Waals surface area (Å²) in [5.41, 5.74) is 6.03. The number of benzene rings is 1. The highest BCUT2D eigenvalue weighted by Gasteiger charge is 2.39. The molecule has 7 heteroatoms. The molecule has 0 atom stereocenters. The highest BCUT2D eigenvalue weighted by atomic mass is 16.5. The van der Waals surface area contributed by atoms with Crippen LogP contribution in [0.5, 0.6) is 5.75 Å². The summed E-state index contributed by atoms with van der Waals surface area (Å²) >= 11 is 0. The molecule has 21 heavy (non-hydrogen) atoms. The average molecular weight is 291 g/mol. The highest BCUT2D eigenvalue weighted by Crippen LogP contribution is 2.35. The molecule has 0 amide bonds. The number of ether oxygens (including phenoxy) is 2. The van der Waals surface area contributed by atoms with Crippen molar-refractivity contribution in [1.82, 2.24) is 10.1 Å². The number of hydrogen-bond acceptors (Lipinski definition) is 7. The van der Waals surface area contributed by atoms with Crippen LogP contribution >= 0.6 is 0 Å². The number of aromatic nitrogens is 2. The van der Waals surface area contributed by atoms with Crippen molar-refractivity contribution in [2.24, 2.45) is 0 Å². The van der Waals surface area contributed by atoms with Gasteiger partial charge in [0.2, 0.25) is 5.82 Å². The van der Waals surface area contributed by atoms with E-state index in [1.807, 2.05) is 0 Å². The smallest absolute Gasteiger partial charge is 0.258 e. The second kappa shape index (κ2) is 5.34. The van der Waals surface area contributed by atoms with E-state index in [-0.39, 0.29) is 11.4 Å². The van der Waals surface area contributed by atoms with Crippen LogP contribution in [-0.4, -0.2) is 35.6 Å². The van der Waals surface area contributed by atoms with E-state index >= 15 is 0 Å². The molecule has 3 rings (SSSR count). The van der Waals surface area contributed by atoms with Gasteiger partial charge in [0.1, 0.15) is 11.4 Å². The third-order valence-electron chi connectivity index (χ3n) is 3.80. The minimum Gasteiger partial charge on any atom is -0.506 e. The maximum Gasteiger partial charge on any atom is 0.258 e. The van der Waals surface area contributed by atoms with E-state index in [2.05, 4.69) is 10.1 Å². The Labute approximate surface area is 121 Å². The summed E-state index contributed by atoms with van der Waals surface area (Å²) in [7, 11) is 1.64. The third-order valence-corrected chi connectivity index (χ3v) is 3.80. The Morgan fingerprint density at radius 2 is 2.10 bits per heavy atom.